The number of aryl methyl sites for hydroxylation is 1. The Labute approximate surface area is 152 Å². The van der Waals surface area contributed by atoms with Crippen LogP contribution in [0.2, 0.25) is 0 Å². The van der Waals surface area contributed by atoms with E-state index in [0.717, 1.165) is 24.8 Å². The van der Waals surface area contributed by atoms with E-state index in [1.165, 1.54) is 9.87 Å². The topological polar surface area (TPSA) is 37.4 Å². The largest absolute Gasteiger partial charge is 0.269 e. The van der Waals surface area contributed by atoms with E-state index in [4.69, 9.17) is 0 Å². The smallest absolute Gasteiger partial charge is 0.264 e. The van der Waals surface area contributed by atoms with Gasteiger partial charge in [0.2, 0.25) is 0 Å². The number of hydrogen-bond donors (Lipinski definition) is 0. The van der Waals surface area contributed by atoms with E-state index in [1.54, 1.807) is 19.2 Å². The standard InChI is InChI=1S/C21H27NO2S/c1-5-6-7-8-18-9-13-20(14-10-18)22(4)25(23,24)21-15-11-19(12-16-21)17(2)3/h5,9-17H,1,6-8H2,2-4H3. The summed E-state index contributed by atoms with van der Waals surface area (Å²) < 4.78 is 27.0. The third-order valence-corrected chi connectivity index (χ3v) is 6.18. The van der Waals surface area contributed by atoms with Crippen LogP contribution < -0.4 is 4.31 Å². The van der Waals surface area contributed by atoms with Crippen molar-refractivity contribution < 1.29 is 8.42 Å². The Kier molecular flexibility index (Phi) is 6.43. The lowest BCUT2D eigenvalue weighted by molar-refractivity contribution is 0.594. The second-order valence-corrected chi connectivity index (χ2v) is 8.51. The molecule has 134 valence electrons. The first-order valence-electron chi connectivity index (χ1n) is 8.65. The number of allylic oxidation sites excluding steroid dienone is 1. The van der Waals surface area contributed by atoms with Crippen LogP contribution in [0.1, 0.15) is 43.7 Å². The Bertz CT molecular complexity index is 791. The molecule has 0 N–H and O–H groups in total. The zero-order valence-corrected chi connectivity index (χ0v) is 16.1. The summed E-state index contributed by atoms with van der Waals surface area (Å²) in [6.45, 7) is 7.91. The van der Waals surface area contributed by atoms with Crippen molar-refractivity contribution in [3.63, 3.8) is 0 Å². The molecule has 0 aliphatic heterocycles. The maximum absolute atomic E-state index is 12.8. The van der Waals surface area contributed by atoms with Crippen LogP contribution in [0.5, 0.6) is 0 Å². The quantitative estimate of drug-likeness (QED) is 0.484. The van der Waals surface area contributed by atoms with Gasteiger partial charge in [-0.15, -0.1) is 6.58 Å². The van der Waals surface area contributed by atoms with E-state index >= 15 is 0 Å². The Balaban J connectivity index is 2.17. The zero-order valence-electron chi connectivity index (χ0n) is 15.3. The lowest BCUT2D eigenvalue weighted by Crippen LogP contribution is -2.26. The first-order chi connectivity index (χ1) is 11.9. The van der Waals surface area contributed by atoms with Crippen LogP contribution in [0.4, 0.5) is 5.69 Å². The SMILES string of the molecule is C=CCCCc1ccc(N(C)S(=O)(=O)c2ccc(C(C)C)cc2)cc1. The van der Waals surface area contributed by atoms with Gasteiger partial charge in [0.05, 0.1) is 10.6 Å². The highest BCUT2D eigenvalue weighted by molar-refractivity contribution is 7.92. The molecule has 0 aromatic heterocycles. The van der Waals surface area contributed by atoms with Crippen molar-refractivity contribution in [2.24, 2.45) is 0 Å². The molecule has 0 atom stereocenters. The maximum atomic E-state index is 12.8. The Morgan fingerprint density at radius 2 is 1.64 bits per heavy atom. The van der Waals surface area contributed by atoms with Gasteiger partial charge in [-0.3, -0.25) is 4.31 Å². The summed E-state index contributed by atoms with van der Waals surface area (Å²) in [5, 5.41) is 0. The molecule has 2 aromatic rings. The van der Waals surface area contributed by atoms with Crippen LogP contribution in [-0.2, 0) is 16.4 Å². The number of benzene rings is 2. The molecule has 0 saturated carbocycles. The van der Waals surface area contributed by atoms with Crippen molar-refractivity contribution in [3.8, 4) is 0 Å². The second-order valence-electron chi connectivity index (χ2n) is 6.54. The molecule has 0 heterocycles. The maximum Gasteiger partial charge on any atom is 0.264 e. The molecule has 25 heavy (non-hydrogen) atoms. The average Bonchev–Trinajstić information content (AvgIpc) is 2.62. The van der Waals surface area contributed by atoms with Gasteiger partial charge in [0.1, 0.15) is 0 Å². The van der Waals surface area contributed by atoms with Crippen molar-refractivity contribution in [1.29, 1.82) is 0 Å². The Morgan fingerprint density at radius 3 is 2.16 bits per heavy atom. The van der Waals surface area contributed by atoms with Crippen LogP contribution in [0, 0.1) is 0 Å². The zero-order chi connectivity index (χ0) is 18.4. The highest BCUT2D eigenvalue weighted by atomic mass is 32.2. The van der Waals surface area contributed by atoms with Gasteiger partial charge in [-0.2, -0.15) is 0 Å². The summed E-state index contributed by atoms with van der Waals surface area (Å²) in [6, 6.07) is 14.9. The minimum atomic E-state index is -3.55. The fourth-order valence-electron chi connectivity index (χ4n) is 2.64. The van der Waals surface area contributed by atoms with E-state index in [1.807, 2.05) is 42.5 Å². The highest BCUT2D eigenvalue weighted by Crippen LogP contribution is 2.24. The second kappa shape index (κ2) is 8.34. The lowest BCUT2D eigenvalue weighted by atomic mass is 10.0. The molecule has 0 amide bonds. The van der Waals surface area contributed by atoms with Crippen molar-refractivity contribution in [2.45, 2.75) is 43.9 Å². The molecule has 0 bridgehead atoms. The molecule has 0 unspecified atom stereocenters. The van der Waals surface area contributed by atoms with Crippen molar-refractivity contribution >= 4 is 15.7 Å². The molecular weight excluding hydrogens is 330 g/mol. The molecular formula is C21H27NO2S. The van der Waals surface area contributed by atoms with Gasteiger partial charge in [0, 0.05) is 7.05 Å². The van der Waals surface area contributed by atoms with Crippen molar-refractivity contribution in [3.05, 3.63) is 72.3 Å². The van der Waals surface area contributed by atoms with Gasteiger partial charge in [0.15, 0.2) is 0 Å². The molecule has 0 aliphatic rings. The summed E-state index contributed by atoms with van der Waals surface area (Å²) in [7, 11) is -1.95. The van der Waals surface area contributed by atoms with Crippen LogP contribution >= 0.6 is 0 Å². The Morgan fingerprint density at radius 1 is 1.04 bits per heavy atom. The fourth-order valence-corrected chi connectivity index (χ4v) is 3.84. The van der Waals surface area contributed by atoms with E-state index < -0.39 is 10.0 Å². The average molecular weight is 358 g/mol. The van der Waals surface area contributed by atoms with Gasteiger partial charge >= 0.3 is 0 Å². The van der Waals surface area contributed by atoms with Crippen LogP contribution in [0.3, 0.4) is 0 Å². The van der Waals surface area contributed by atoms with Crippen molar-refractivity contribution in [2.75, 3.05) is 11.4 Å². The Hall–Kier alpha value is -2.07. The molecule has 2 aromatic carbocycles. The van der Waals surface area contributed by atoms with E-state index in [2.05, 4.69) is 20.4 Å². The summed E-state index contributed by atoms with van der Waals surface area (Å²) in [5.74, 6) is 0.378. The van der Waals surface area contributed by atoms with Gasteiger partial charge in [-0.25, -0.2) is 8.42 Å². The van der Waals surface area contributed by atoms with Crippen LogP contribution in [-0.4, -0.2) is 15.5 Å². The first kappa shape index (κ1) is 19.3. The number of sulfonamides is 1. The molecule has 0 aliphatic carbocycles. The van der Waals surface area contributed by atoms with E-state index in [0.29, 0.717) is 16.5 Å². The molecule has 0 saturated heterocycles. The predicted molar refractivity (Wildman–Crippen MR) is 106 cm³/mol. The van der Waals surface area contributed by atoms with Gasteiger partial charge < -0.3 is 0 Å². The number of unbranched alkanes of at least 4 members (excludes halogenated alkanes) is 1. The highest BCUT2D eigenvalue weighted by Gasteiger charge is 2.21. The summed E-state index contributed by atoms with van der Waals surface area (Å²) >= 11 is 0. The summed E-state index contributed by atoms with van der Waals surface area (Å²) in [5.41, 5.74) is 3.00. The first-order valence-corrected chi connectivity index (χ1v) is 10.1. The minimum absolute atomic E-state index is 0.314. The number of hydrogen-bond acceptors (Lipinski definition) is 2. The fraction of sp³-hybridized carbons (Fsp3) is 0.333. The summed E-state index contributed by atoms with van der Waals surface area (Å²) in [6.07, 6.45) is 4.93. The van der Waals surface area contributed by atoms with Crippen LogP contribution in [0.15, 0.2) is 66.1 Å². The van der Waals surface area contributed by atoms with Crippen LogP contribution in [0.25, 0.3) is 0 Å². The number of rotatable bonds is 8. The van der Waals surface area contributed by atoms with Gasteiger partial charge in [-0.1, -0.05) is 44.2 Å². The van der Waals surface area contributed by atoms with Crippen molar-refractivity contribution in [1.82, 2.24) is 0 Å². The van der Waals surface area contributed by atoms with Gasteiger partial charge in [-0.05, 0) is 60.6 Å². The molecule has 3 nitrogen and oxygen atoms in total. The van der Waals surface area contributed by atoms with Gasteiger partial charge in [0.25, 0.3) is 10.0 Å². The molecule has 2 rings (SSSR count). The molecule has 4 heteroatoms. The summed E-state index contributed by atoms with van der Waals surface area (Å²) in [4.78, 5) is 0.314. The third kappa shape index (κ3) is 4.73. The lowest BCUT2D eigenvalue weighted by Gasteiger charge is -2.20. The van der Waals surface area contributed by atoms with E-state index in [9.17, 15) is 8.42 Å². The monoisotopic (exact) mass is 357 g/mol. The van der Waals surface area contributed by atoms with E-state index in [-0.39, 0.29) is 0 Å². The number of anilines is 1. The predicted octanol–water partition coefficient (Wildman–Crippen LogP) is 5.14. The molecule has 0 spiro atoms. The normalized spacial score (nSPS) is 11.5. The molecule has 0 fully saturated rings. The number of nitrogens with zero attached hydrogens (tertiary/aromatic N) is 1. The third-order valence-electron chi connectivity index (χ3n) is 4.38. The molecule has 0 radical (unpaired) electrons. The minimum Gasteiger partial charge on any atom is -0.269 e.